The molecule has 0 heterocycles. The van der Waals surface area contributed by atoms with Crippen molar-refractivity contribution in [1.29, 1.82) is 0 Å². The van der Waals surface area contributed by atoms with Gasteiger partial charge in [0.05, 0.1) is 33.4 Å². The number of hydrogen-bond donors (Lipinski definition) is 6. The van der Waals surface area contributed by atoms with Crippen molar-refractivity contribution in [3.63, 3.8) is 0 Å². The normalized spacial score (nSPS) is 10.6. The number of aromatic carboxylic acids is 6. The molecule has 0 spiro atoms. The molecule has 38 heavy (non-hydrogen) atoms. The van der Waals surface area contributed by atoms with Crippen molar-refractivity contribution in [2.75, 3.05) is 0 Å². The molecule has 0 aliphatic rings. The van der Waals surface area contributed by atoms with Crippen LogP contribution >= 0.6 is 0 Å². The second kappa shape index (κ2) is 13.0. The fourth-order valence-corrected chi connectivity index (χ4v) is 4.23. The highest BCUT2D eigenvalue weighted by Crippen LogP contribution is 2.23. The fraction of sp³-hybridized carbons (Fsp3) is 0.308. The minimum atomic E-state index is -1.54. The lowest BCUT2D eigenvalue weighted by molar-refractivity contribution is 0.0647. The summed E-state index contributed by atoms with van der Waals surface area (Å²) >= 11 is 0. The van der Waals surface area contributed by atoms with Crippen molar-refractivity contribution in [3.05, 3.63) is 68.8 Å². The van der Waals surface area contributed by atoms with E-state index in [0.29, 0.717) is 38.5 Å². The van der Waals surface area contributed by atoms with Crippen LogP contribution in [0, 0.1) is 0 Å². The summed E-state index contributed by atoms with van der Waals surface area (Å²) in [7, 11) is 0. The van der Waals surface area contributed by atoms with E-state index in [1.54, 1.807) is 0 Å². The predicted octanol–water partition coefficient (Wildman–Crippen LogP) is 4.00. The van der Waals surface area contributed by atoms with Gasteiger partial charge in [-0.05, 0) is 61.1 Å². The summed E-state index contributed by atoms with van der Waals surface area (Å²) in [5.41, 5.74) is -2.48. The lowest BCUT2D eigenvalue weighted by Crippen LogP contribution is -2.14. The largest absolute Gasteiger partial charge is 0.478 e. The Labute approximate surface area is 215 Å². The molecule has 0 aromatic heterocycles. The number of unbranched alkanes of at least 4 members (excludes halogenated alkanes) is 5. The van der Waals surface area contributed by atoms with E-state index in [9.17, 15) is 59.4 Å². The number of rotatable bonds is 15. The monoisotopic (exact) mass is 530 g/mol. The summed E-state index contributed by atoms with van der Waals surface area (Å²) in [4.78, 5) is 68.8. The smallest absolute Gasteiger partial charge is 0.336 e. The fourth-order valence-electron chi connectivity index (χ4n) is 4.23. The molecule has 0 radical (unpaired) electrons. The minimum absolute atomic E-state index is 0.114. The maximum atomic E-state index is 11.6. The van der Waals surface area contributed by atoms with Crippen molar-refractivity contribution in [2.45, 2.75) is 51.4 Å². The lowest BCUT2D eigenvalue weighted by Gasteiger charge is -2.12. The van der Waals surface area contributed by atoms with E-state index in [4.69, 9.17) is 0 Å². The van der Waals surface area contributed by atoms with Crippen molar-refractivity contribution in [1.82, 2.24) is 0 Å². The Hall–Kier alpha value is -4.74. The van der Waals surface area contributed by atoms with Crippen LogP contribution in [-0.4, -0.2) is 66.5 Å². The van der Waals surface area contributed by atoms with Gasteiger partial charge in [0.15, 0.2) is 0 Å². The first-order valence-corrected chi connectivity index (χ1v) is 11.6. The Bertz CT molecular complexity index is 1190. The maximum Gasteiger partial charge on any atom is 0.336 e. The highest BCUT2D eigenvalue weighted by Gasteiger charge is 2.24. The molecule has 0 aliphatic heterocycles. The Morgan fingerprint density at radius 2 is 0.737 bits per heavy atom. The minimum Gasteiger partial charge on any atom is -0.478 e. The third-order valence-electron chi connectivity index (χ3n) is 5.96. The maximum absolute atomic E-state index is 11.6. The number of carboxylic acid groups (broad SMARTS) is 6. The van der Waals surface area contributed by atoms with Crippen molar-refractivity contribution in [2.24, 2.45) is 0 Å². The van der Waals surface area contributed by atoms with Crippen LogP contribution < -0.4 is 0 Å². The van der Waals surface area contributed by atoms with E-state index in [-0.39, 0.29) is 35.1 Å². The van der Waals surface area contributed by atoms with Gasteiger partial charge in [-0.1, -0.05) is 25.7 Å². The van der Waals surface area contributed by atoms with E-state index in [2.05, 4.69) is 0 Å². The number of carboxylic acids is 6. The molecule has 0 saturated heterocycles. The molecule has 0 fully saturated rings. The van der Waals surface area contributed by atoms with Gasteiger partial charge < -0.3 is 30.6 Å². The topological polar surface area (TPSA) is 224 Å². The van der Waals surface area contributed by atoms with Crippen molar-refractivity contribution >= 4 is 35.8 Å². The van der Waals surface area contributed by atoms with Crippen LogP contribution in [0.15, 0.2) is 24.3 Å². The van der Waals surface area contributed by atoms with Gasteiger partial charge in [-0.25, -0.2) is 28.8 Å². The van der Waals surface area contributed by atoms with Crippen molar-refractivity contribution < 1.29 is 59.4 Å². The van der Waals surface area contributed by atoms with Gasteiger partial charge in [-0.2, -0.15) is 0 Å². The summed E-state index contributed by atoms with van der Waals surface area (Å²) in [6.45, 7) is 0. The standard InChI is InChI=1S/C26H26O12/c27-21(28)15-9-13(19(25(35)36)17(11-15)23(31)32)7-5-3-1-2-4-6-8-14-10-16(22(29)30)12-18(24(33)34)20(14)26(37)38/h9-12H,1-8H2,(H,27,28)(H,29,30)(H,31,32)(H,33,34)(H,35,36)(H,37,38). The first kappa shape index (κ1) is 29.5. The number of hydrogen-bond acceptors (Lipinski definition) is 6. The van der Waals surface area contributed by atoms with Crippen LogP contribution in [0.3, 0.4) is 0 Å². The van der Waals surface area contributed by atoms with Crippen LogP contribution in [0.2, 0.25) is 0 Å². The lowest BCUT2D eigenvalue weighted by atomic mass is 9.93. The van der Waals surface area contributed by atoms with Crippen molar-refractivity contribution in [3.8, 4) is 0 Å². The highest BCUT2D eigenvalue weighted by atomic mass is 16.4. The van der Waals surface area contributed by atoms with Gasteiger partial charge in [0.2, 0.25) is 0 Å². The summed E-state index contributed by atoms with van der Waals surface area (Å²) in [6, 6.07) is 3.96. The first-order chi connectivity index (χ1) is 17.8. The summed E-state index contributed by atoms with van der Waals surface area (Å²) < 4.78 is 0. The molecule has 0 atom stereocenters. The molecular formula is C26H26O12. The van der Waals surface area contributed by atoms with E-state index >= 15 is 0 Å². The average molecular weight is 530 g/mol. The number of carbonyl (C=O) groups is 6. The average Bonchev–Trinajstić information content (AvgIpc) is 2.83. The van der Waals surface area contributed by atoms with E-state index < -0.39 is 58.1 Å². The molecule has 0 unspecified atom stereocenters. The second-order valence-electron chi connectivity index (χ2n) is 8.57. The Kier molecular flexibility index (Phi) is 10.1. The molecule has 2 aromatic carbocycles. The third-order valence-corrected chi connectivity index (χ3v) is 5.96. The zero-order valence-electron chi connectivity index (χ0n) is 20.1. The molecule has 0 saturated carbocycles. The van der Waals surface area contributed by atoms with Gasteiger partial charge >= 0.3 is 35.8 Å². The van der Waals surface area contributed by atoms with Gasteiger partial charge in [0.25, 0.3) is 0 Å². The molecule has 0 aliphatic carbocycles. The molecule has 202 valence electrons. The van der Waals surface area contributed by atoms with E-state index in [1.807, 2.05) is 0 Å². The molecule has 12 nitrogen and oxygen atoms in total. The molecule has 12 heteroatoms. The third kappa shape index (κ3) is 7.38. The molecule has 2 aromatic rings. The zero-order valence-corrected chi connectivity index (χ0v) is 20.1. The quantitative estimate of drug-likeness (QED) is 0.180. The molecular weight excluding hydrogens is 504 g/mol. The SMILES string of the molecule is O=C(O)c1cc(CCCCCCCCc2cc(C(=O)O)cc(C(=O)O)c2C(=O)O)c(C(=O)O)c(C(=O)O)c1. The van der Waals surface area contributed by atoms with E-state index in [0.717, 1.165) is 24.3 Å². The number of benzene rings is 2. The Balaban J connectivity index is 1.97. The highest BCUT2D eigenvalue weighted by molar-refractivity contribution is 6.06. The van der Waals surface area contributed by atoms with E-state index in [1.165, 1.54) is 0 Å². The van der Waals surface area contributed by atoms with Crippen LogP contribution in [-0.2, 0) is 12.8 Å². The van der Waals surface area contributed by atoms with Crippen LogP contribution in [0.5, 0.6) is 0 Å². The molecule has 6 N–H and O–H groups in total. The molecule has 0 amide bonds. The van der Waals surface area contributed by atoms with Gasteiger partial charge in [-0.3, -0.25) is 0 Å². The Morgan fingerprint density at radius 1 is 0.421 bits per heavy atom. The van der Waals surface area contributed by atoms with Gasteiger partial charge in [0, 0.05) is 0 Å². The van der Waals surface area contributed by atoms with Crippen LogP contribution in [0.25, 0.3) is 0 Å². The first-order valence-electron chi connectivity index (χ1n) is 11.6. The van der Waals surface area contributed by atoms with Crippen LogP contribution in [0.4, 0.5) is 0 Å². The second-order valence-corrected chi connectivity index (χ2v) is 8.57. The molecule has 2 rings (SSSR count). The molecule has 0 bridgehead atoms. The Morgan fingerprint density at radius 3 is 1.00 bits per heavy atom. The summed E-state index contributed by atoms with van der Waals surface area (Å²) in [5.74, 6) is -8.76. The summed E-state index contributed by atoms with van der Waals surface area (Å²) in [6.07, 6.45) is 3.87. The predicted molar refractivity (Wildman–Crippen MR) is 130 cm³/mol. The zero-order chi connectivity index (χ0) is 28.6. The number of aryl methyl sites for hydroxylation is 2. The summed E-state index contributed by atoms with van der Waals surface area (Å²) in [5, 5.41) is 56.0. The van der Waals surface area contributed by atoms with Gasteiger partial charge in [-0.15, -0.1) is 0 Å². The van der Waals surface area contributed by atoms with Crippen LogP contribution in [0.1, 0.15) is 112 Å². The van der Waals surface area contributed by atoms with Gasteiger partial charge in [0.1, 0.15) is 0 Å².